The summed E-state index contributed by atoms with van der Waals surface area (Å²) in [5.74, 6) is 5.29. The lowest BCUT2D eigenvalue weighted by Gasteiger charge is -2.18. The molecule has 1 heterocycles. The Morgan fingerprint density at radius 2 is 2.06 bits per heavy atom. The Labute approximate surface area is 102 Å². The molecule has 1 aromatic carbocycles. The Morgan fingerprint density at radius 3 is 2.61 bits per heavy atom. The number of hydrogen-bond acceptors (Lipinski definition) is 3. The average molecular weight is 258 g/mol. The molecule has 4 nitrogen and oxygen atoms in total. The lowest BCUT2D eigenvalue weighted by atomic mass is 10.2. The van der Waals surface area contributed by atoms with E-state index in [-0.39, 0.29) is 6.42 Å². The van der Waals surface area contributed by atoms with Crippen molar-refractivity contribution < 1.29 is 13.2 Å². The minimum Gasteiger partial charge on any atom is -0.331 e. The smallest absolute Gasteiger partial charge is 0.331 e. The largest absolute Gasteiger partial charge is 0.405 e. The molecule has 1 aromatic heterocycles. The number of aryl methyl sites for hydroxylation is 1. The maximum atomic E-state index is 12.6. The fraction of sp³-hybridized carbons (Fsp3) is 0.364. The van der Waals surface area contributed by atoms with Gasteiger partial charge < -0.3 is 4.57 Å². The standard InChI is InChI=1S/C11H13F3N4/c1-18-8-5-3-2-4-7(8)16-10(18)6-9(17-15)11(12,13)14/h2-5,9,17H,6,15H2,1H3. The van der Waals surface area contributed by atoms with Crippen molar-refractivity contribution in [1.29, 1.82) is 0 Å². The second-order valence-electron chi connectivity index (χ2n) is 4.04. The fourth-order valence-corrected chi connectivity index (χ4v) is 1.83. The van der Waals surface area contributed by atoms with Crippen molar-refractivity contribution in [3.05, 3.63) is 30.1 Å². The molecule has 0 spiro atoms. The van der Waals surface area contributed by atoms with Crippen LogP contribution >= 0.6 is 0 Å². The lowest BCUT2D eigenvalue weighted by molar-refractivity contribution is -0.156. The molecule has 18 heavy (non-hydrogen) atoms. The van der Waals surface area contributed by atoms with Crippen LogP contribution in [0.5, 0.6) is 0 Å². The minimum absolute atomic E-state index is 0.300. The molecule has 0 fully saturated rings. The predicted molar refractivity (Wildman–Crippen MR) is 61.6 cm³/mol. The van der Waals surface area contributed by atoms with Crippen LogP contribution in [-0.4, -0.2) is 21.8 Å². The highest BCUT2D eigenvalue weighted by Gasteiger charge is 2.39. The first kappa shape index (κ1) is 12.8. The van der Waals surface area contributed by atoms with Gasteiger partial charge in [-0.2, -0.15) is 13.2 Å². The van der Waals surface area contributed by atoms with E-state index in [9.17, 15) is 13.2 Å². The molecule has 0 bridgehead atoms. The summed E-state index contributed by atoms with van der Waals surface area (Å²) in [5, 5.41) is 0. The van der Waals surface area contributed by atoms with Gasteiger partial charge in [0, 0.05) is 13.5 Å². The highest BCUT2D eigenvalue weighted by molar-refractivity contribution is 5.75. The molecule has 98 valence electrons. The summed E-state index contributed by atoms with van der Waals surface area (Å²) in [6, 6.07) is 5.38. The van der Waals surface area contributed by atoms with Gasteiger partial charge in [0.1, 0.15) is 11.9 Å². The third-order valence-electron chi connectivity index (χ3n) is 2.86. The van der Waals surface area contributed by atoms with E-state index in [4.69, 9.17) is 5.84 Å². The van der Waals surface area contributed by atoms with E-state index in [0.29, 0.717) is 11.3 Å². The second kappa shape index (κ2) is 4.58. The van der Waals surface area contributed by atoms with Gasteiger partial charge in [-0.3, -0.25) is 5.84 Å². The van der Waals surface area contributed by atoms with Gasteiger partial charge >= 0.3 is 6.18 Å². The summed E-state index contributed by atoms with van der Waals surface area (Å²) < 4.78 is 39.5. The zero-order valence-electron chi connectivity index (χ0n) is 9.70. The molecule has 7 heteroatoms. The number of benzene rings is 1. The van der Waals surface area contributed by atoms with Gasteiger partial charge in [-0.1, -0.05) is 12.1 Å². The highest BCUT2D eigenvalue weighted by atomic mass is 19.4. The molecular weight excluding hydrogens is 245 g/mol. The first-order valence-electron chi connectivity index (χ1n) is 5.36. The second-order valence-corrected chi connectivity index (χ2v) is 4.04. The Balaban J connectivity index is 2.34. The van der Waals surface area contributed by atoms with Crippen LogP contribution in [0.1, 0.15) is 5.82 Å². The number of halogens is 3. The number of alkyl halides is 3. The summed E-state index contributed by atoms with van der Waals surface area (Å²) >= 11 is 0. The van der Waals surface area contributed by atoms with Gasteiger partial charge in [-0.15, -0.1) is 0 Å². The topological polar surface area (TPSA) is 55.9 Å². The van der Waals surface area contributed by atoms with Gasteiger partial charge in [0.2, 0.25) is 0 Å². The number of nitrogens with zero attached hydrogens (tertiary/aromatic N) is 2. The Morgan fingerprint density at radius 1 is 1.39 bits per heavy atom. The van der Waals surface area contributed by atoms with Crippen LogP contribution in [0.4, 0.5) is 13.2 Å². The summed E-state index contributed by atoms with van der Waals surface area (Å²) in [6.07, 6.45) is -4.70. The van der Waals surface area contributed by atoms with Gasteiger partial charge in [0.15, 0.2) is 0 Å². The molecular formula is C11H13F3N4. The SMILES string of the molecule is Cn1c(CC(NN)C(F)(F)F)nc2ccccc21. The van der Waals surface area contributed by atoms with Crippen LogP contribution in [0.2, 0.25) is 0 Å². The maximum Gasteiger partial charge on any atom is 0.405 e. The molecule has 0 aliphatic rings. The highest BCUT2D eigenvalue weighted by Crippen LogP contribution is 2.23. The molecule has 1 unspecified atom stereocenters. The number of nitrogens with two attached hydrogens (primary N) is 1. The van der Waals surface area contributed by atoms with Gasteiger partial charge in [0.05, 0.1) is 11.0 Å². The molecule has 2 rings (SSSR count). The number of imidazole rings is 1. The van der Waals surface area contributed by atoms with Crippen molar-refractivity contribution in [2.45, 2.75) is 18.6 Å². The third-order valence-corrected chi connectivity index (χ3v) is 2.86. The molecule has 3 N–H and O–H groups in total. The third kappa shape index (κ3) is 2.32. The number of hydrazine groups is 1. The fourth-order valence-electron chi connectivity index (χ4n) is 1.83. The molecule has 0 aliphatic carbocycles. The van der Waals surface area contributed by atoms with E-state index in [1.165, 1.54) is 0 Å². The maximum absolute atomic E-state index is 12.6. The van der Waals surface area contributed by atoms with Crippen molar-refractivity contribution >= 4 is 11.0 Å². The summed E-state index contributed by atoms with van der Waals surface area (Å²) in [4.78, 5) is 4.18. The molecule has 0 aliphatic heterocycles. The number of para-hydroxylation sites is 2. The first-order valence-corrected chi connectivity index (χ1v) is 5.36. The van der Waals surface area contributed by atoms with E-state index < -0.39 is 12.2 Å². The predicted octanol–water partition coefficient (Wildman–Crippen LogP) is 1.51. The Bertz CT molecular complexity index is 547. The Kier molecular flexibility index (Phi) is 3.27. The molecule has 2 aromatic rings. The normalized spacial score (nSPS) is 14.1. The van der Waals surface area contributed by atoms with Crippen molar-refractivity contribution in [3.63, 3.8) is 0 Å². The molecule has 0 saturated heterocycles. The zero-order chi connectivity index (χ0) is 13.3. The number of rotatable bonds is 3. The summed E-state index contributed by atoms with van der Waals surface area (Å²) in [6.45, 7) is 0. The van der Waals surface area contributed by atoms with E-state index >= 15 is 0 Å². The summed E-state index contributed by atoms with van der Waals surface area (Å²) in [7, 11) is 1.69. The lowest BCUT2D eigenvalue weighted by Crippen LogP contribution is -2.47. The van der Waals surface area contributed by atoms with Crippen molar-refractivity contribution in [2.24, 2.45) is 12.9 Å². The van der Waals surface area contributed by atoms with Crippen LogP contribution < -0.4 is 11.3 Å². The Hall–Kier alpha value is -1.60. The first-order chi connectivity index (χ1) is 8.43. The zero-order valence-corrected chi connectivity index (χ0v) is 9.70. The number of hydrogen-bond donors (Lipinski definition) is 2. The number of fused-ring (bicyclic) bond motifs is 1. The van der Waals surface area contributed by atoms with Crippen molar-refractivity contribution in [2.75, 3.05) is 0 Å². The van der Waals surface area contributed by atoms with Crippen LogP contribution in [-0.2, 0) is 13.5 Å². The average Bonchev–Trinajstić information content (AvgIpc) is 2.62. The number of nitrogens with one attached hydrogen (secondary N) is 1. The van der Waals surface area contributed by atoms with Gasteiger partial charge in [0.25, 0.3) is 0 Å². The minimum atomic E-state index is -4.40. The molecule has 0 radical (unpaired) electrons. The molecule has 0 saturated carbocycles. The number of aromatic nitrogens is 2. The van der Waals surface area contributed by atoms with Crippen LogP contribution in [0.3, 0.4) is 0 Å². The van der Waals surface area contributed by atoms with Crippen molar-refractivity contribution in [1.82, 2.24) is 15.0 Å². The van der Waals surface area contributed by atoms with Crippen LogP contribution in [0, 0.1) is 0 Å². The van der Waals surface area contributed by atoms with Crippen LogP contribution in [0.25, 0.3) is 11.0 Å². The van der Waals surface area contributed by atoms with Crippen LogP contribution in [0.15, 0.2) is 24.3 Å². The van der Waals surface area contributed by atoms with Gasteiger partial charge in [-0.25, -0.2) is 10.4 Å². The van der Waals surface area contributed by atoms with E-state index in [1.54, 1.807) is 29.2 Å². The summed E-state index contributed by atoms with van der Waals surface area (Å²) in [5.41, 5.74) is 3.25. The monoisotopic (exact) mass is 258 g/mol. The van der Waals surface area contributed by atoms with Crippen molar-refractivity contribution in [3.8, 4) is 0 Å². The molecule has 0 amide bonds. The van der Waals surface area contributed by atoms with E-state index in [2.05, 4.69) is 4.98 Å². The van der Waals surface area contributed by atoms with E-state index in [1.807, 2.05) is 12.1 Å². The van der Waals surface area contributed by atoms with Gasteiger partial charge in [-0.05, 0) is 12.1 Å². The van der Waals surface area contributed by atoms with E-state index in [0.717, 1.165) is 5.52 Å². The molecule has 1 atom stereocenters. The quantitative estimate of drug-likeness (QED) is 0.648.